The van der Waals surface area contributed by atoms with E-state index in [1.165, 1.54) is 12.1 Å². The summed E-state index contributed by atoms with van der Waals surface area (Å²) >= 11 is 1.91. The highest BCUT2D eigenvalue weighted by Crippen LogP contribution is 2.20. The van der Waals surface area contributed by atoms with Crippen molar-refractivity contribution in [1.29, 1.82) is 0 Å². The van der Waals surface area contributed by atoms with E-state index < -0.39 is 0 Å². The van der Waals surface area contributed by atoms with Crippen molar-refractivity contribution in [1.82, 2.24) is 4.90 Å². The number of hydrogen-bond donors (Lipinski definition) is 0. The van der Waals surface area contributed by atoms with Crippen molar-refractivity contribution in [2.24, 2.45) is 0 Å². The summed E-state index contributed by atoms with van der Waals surface area (Å²) in [6, 6.07) is 0. The van der Waals surface area contributed by atoms with Crippen molar-refractivity contribution in [3.05, 3.63) is 23.9 Å². The van der Waals surface area contributed by atoms with Crippen LogP contribution in [0.15, 0.2) is 23.9 Å². The monoisotopic (exact) mass is 169 g/mol. The summed E-state index contributed by atoms with van der Waals surface area (Å²) in [5, 5.41) is 0.693. The smallest absolute Gasteiger partial charge is 0.0318 e. The molecule has 0 fully saturated rings. The summed E-state index contributed by atoms with van der Waals surface area (Å²) in [4.78, 5) is 2.15. The predicted molar refractivity (Wildman–Crippen MR) is 52.8 cm³/mol. The molecule has 0 heterocycles. The average Bonchev–Trinajstić information content (AvgIpc) is 2.05. The van der Waals surface area contributed by atoms with Crippen LogP contribution in [-0.2, 0) is 0 Å². The first-order valence-corrected chi connectivity index (χ1v) is 5.11. The molecule has 0 aromatic carbocycles. The van der Waals surface area contributed by atoms with Crippen LogP contribution in [0.4, 0.5) is 0 Å². The standard InChI is InChI=1S/C9H15NS/c1-10(2)8-4-6-9(11-3)7-5-8/h4-6,9H,7H2,1-3H3. The highest BCUT2D eigenvalue weighted by atomic mass is 32.2. The van der Waals surface area contributed by atoms with Crippen molar-refractivity contribution in [2.75, 3.05) is 20.4 Å². The van der Waals surface area contributed by atoms with E-state index in [0.717, 1.165) is 0 Å². The lowest BCUT2D eigenvalue weighted by atomic mass is 10.1. The molecule has 0 saturated heterocycles. The summed E-state index contributed by atoms with van der Waals surface area (Å²) in [6.07, 6.45) is 10.1. The highest BCUT2D eigenvalue weighted by Gasteiger charge is 2.06. The summed E-state index contributed by atoms with van der Waals surface area (Å²) in [6.45, 7) is 0. The lowest BCUT2D eigenvalue weighted by molar-refractivity contribution is 0.524. The Morgan fingerprint density at radius 1 is 1.55 bits per heavy atom. The van der Waals surface area contributed by atoms with Crippen LogP contribution in [0.3, 0.4) is 0 Å². The van der Waals surface area contributed by atoms with Crippen LogP contribution >= 0.6 is 11.8 Å². The van der Waals surface area contributed by atoms with E-state index >= 15 is 0 Å². The lowest BCUT2D eigenvalue weighted by Gasteiger charge is -2.19. The first-order chi connectivity index (χ1) is 5.24. The van der Waals surface area contributed by atoms with Gasteiger partial charge in [0.1, 0.15) is 0 Å². The summed E-state index contributed by atoms with van der Waals surface area (Å²) < 4.78 is 0. The molecule has 0 N–H and O–H groups in total. The number of hydrogen-bond acceptors (Lipinski definition) is 2. The van der Waals surface area contributed by atoms with Gasteiger partial charge in [0, 0.05) is 25.0 Å². The average molecular weight is 169 g/mol. The molecule has 1 aliphatic rings. The molecule has 62 valence electrons. The van der Waals surface area contributed by atoms with Gasteiger partial charge in [0.15, 0.2) is 0 Å². The fourth-order valence-corrected chi connectivity index (χ4v) is 1.62. The van der Waals surface area contributed by atoms with Gasteiger partial charge in [0.2, 0.25) is 0 Å². The summed E-state index contributed by atoms with van der Waals surface area (Å²) in [5.41, 5.74) is 1.33. The minimum atomic E-state index is 0.693. The van der Waals surface area contributed by atoms with Gasteiger partial charge < -0.3 is 4.90 Å². The molecule has 0 radical (unpaired) electrons. The Bertz CT molecular complexity index is 182. The number of likely N-dealkylation sites (N-methyl/N-ethyl adjacent to an activating group) is 1. The van der Waals surface area contributed by atoms with E-state index in [1.807, 2.05) is 11.8 Å². The second-order valence-corrected chi connectivity index (χ2v) is 3.97. The molecule has 2 heteroatoms. The first-order valence-electron chi connectivity index (χ1n) is 3.82. The zero-order valence-corrected chi connectivity index (χ0v) is 8.19. The number of nitrogens with zero attached hydrogens (tertiary/aromatic N) is 1. The van der Waals surface area contributed by atoms with Crippen LogP contribution in [0, 0.1) is 0 Å². The van der Waals surface area contributed by atoms with E-state index in [4.69, 9.17) is 0 Å². The van der Waals surface area contributed by atoms with E-state index in [0.29, 0.717) is 5.25 Å². The van der Waals surface area contributed by atoms with E-state index in [9.17, 15) is 0 Å². The Kier molecular flexibility index (Phi) is 3.06. The molecule has 0 aliphatic heterocycles. The maximum absolute atomic E-state index is 2.29. The molecule has 0 spiro atoms. The molecule has 1 unspecified atom stereocenters. The largest absolute Gasteiger partial charge is 0.378 e. The van der Waals surface area contributed by atoms with Gasteiger partial charge >= 0.3 is 0 Å². The third kappa shape index (κ3) is 2.29. The SMILES string of the molecule is CSC1C=CC(N(C)C)=CC1. The second kappa shape index (κ2) is 3.86. The molecular weight excluding hydrogens is 154 g/mol. The van der Waals surface area contributed by atoms with Crippen LogP contribution in [0.5, 0.6) is 0 Å². The summed E-state index contributed by atoms with van der Waals surface area (Å²) in [7, 11) is 4.16. The molecule has 1 aliphatic carbocycles. The van der Waals surface area contributed by atoms with E-state index in [-0.39, 0.29) is 0 Å². The molecule has 0 saturated carbocycles. The molecule has 11 heavy (non-hydrogen) atoms. The molecule has 0 aromatic heterocycles. The number of rotatable bonds is 2. The zero-order valence-electron chi connectivity index (χ0n) is 7.37. The van der Waals surface area contributed by atoms with E-state index in [1.54, 1.807) is 0 Å². The van der Waals surface area contributed by atoms with Crippen molar-refractivity contribution in [2.45, 2.75) is 11.7 Å². The quantitative estimate of drug-likeness (QED) is 0.623. The molecule has 1 atom stereocenters. The molecule has 1 rings (SSSR count). The Morgan fingerprint density at radius 3 is 2.64 bits per heavy atom. The highest BCUT2D eigenvalue weighted by molar-refractivity contribution is 7.99. The maximum Gasteiger partial charge on any atom is 0.0318 e. The topological polar surface area (TPSA) is 3.24 Å². The third-order valence-electron chi connectivity index (χ3n) is 1.86. The fraction of sp³-hybridized carbons (Fsp3) is 0.556. The number of allylic oxidation sites excluding steroid dienone is 2. The van der Waals surface area contributed by atoms with Gasteiger partial charge in [-0.2, -0.15) is 11.8 Å². The molecule has 0 amide bonds. The second-order valence-electron chi connectivity index (χ2n) is 2.89. The Morgan fingerprint density at radius 2 is 2.27 bits per heavy atom. The Labute approximate surface area is 73.2 Å². The van der Waals surface area contributed by atoms with Crippen LogP contribution in [-0.4, -0.2) is 30.5 Å². The fourth-order valence-electron chi connectivity index (χ4n) is 1.10. The molecule has 0 aromatic rings. The van der Waals surface area contributed by atoms with Crippen molar-refractivity contribution in [3.8, 4) is 0 Å². The molecule has 1 nitrogen and oxygen atoms in total. The van der Waals surface area contributed by atoms with Gasteiger partial charge in [-0.25, -0.2) is 0 Å². The van der Waals surface area contributed by atoms with Gasteiger partial charge in [-0.1, -0.05) is 12.2 Å². The van der Waals surface area contributed by atoms with Crippen molar-refractivity contribution >= 4 is 11.8 Å². The van der Waals surface area contributed by atoms with Crippen LogP contribution in [0.25, 0.3) is 0 Å². The van der Waals surface area contributed by atoms with Gasteiger partial charge in [0.25, 0.3) is 0 Å². The number of thioether (sulfide) groups is 1. The minimum absolute atomic E-state index is 0.693. The van der Waals surface area contributed by atoms with Crippen molar-refractivity contribution < 1.29 is 0 Å². The molecular formula is C9H15NS. The van der Waals surface area contributed by atoms with E-state index in [2.05, 4.69) is 43.5 Å². The van der Waals surface area contributed by atoms with Crippen LogP contribution in [0.2, 0.25) is 0 Å². The maximum atomic E-state index is 2.29. The summed E-state index contributed by atoms with van der Waals surface area (Å²) in [5.74, 6) is 0. The van der Waals surface area contributed by atoms with Crippen LogP contribution < -0.4 is 0 Å². The Balaban J connectivity index is 2.53. The van der Waals surface area contributed by atoms with Gasteiger partial charge in [-0.05, 0) is 18.8 Å². The molecule has 0 bridgehead atoms. The van der Waals surface area contributed by atoms with Gasteiger partial charge in [-0.15, -0.1) is 0 Å². The minimum Gasteiger partial charge on any atom is -0.378 e. The first kappa shape index (κ1) is 8.72. The predicted octanol–water partition coefficient (Wildman–Crippen LogP) is 2.12. The Hall–Kier alpha value is -0.370. The van der Waals surface area contributed by atoms with Crippen molar-refractivity contribution in [3.63, 3.8) is 0 Å². The zero-order chi connectivity index (χ0) is 8.27. The van der Waals surface area contributed by atoms with Gasteiger partial charge in [-0.3, -0.25) is 0 Å². The van der Waals surface area contributed by atoms with Crippen LogP contribution in [0.1, 0.15) is 6.42 Å². The van der Waals surface area contributed by atoms with Gasteiger partial charge in [0.05, 0.1) is 0 Å². The normalized spacial score (nSPS) is 23.2. The third-order valence-corrected chi connectivity index (χ3v) is 2.82. The lowest BCUT2D eigenvalue weighted by Crippen LogP contribution is -2.13.